The summed E-state index contributed by atoms with van der Waals surface area (Å²) in [4.78, 5) is 4.43. The molecule has 0 spiro atoms. The highest BCUT2D eigenvalue weighted by Crippen LogP contribution is 2.36. The normalized spacial score (nSPS) is 11.1. The Morgan fingerprint density at radius 1 is 1.04 bits per heavy atom. The Bertz CT molecular complexity index is 1080. The molecule has 28 heavy (non-hydrogen) atoms. The SMILES string of the molecule is OCCNCc1coc2c(Nc3cccc(-c4ccccc4)c3Cl)nccc12. The number of hydrogen-bond donors (Lipinski definition) is 3. The maximum atomic E-state index is 8.93. The van der Waals surface area contributed by atoms with E-state index in [0.717, 1.165) is 27.8 Å². The number of benzene rings is 2. The van der Waals surface area contributed by atoms with Crippen LogP contribution in [0.3, 0.4) is 0 Å². The van der Waals surface area contributed by atoms with Crippen molar-refractivity contribution in [3.63, 3.8) is 0 Å². The van der Waals surface area contributed by atoms with Gasteiger partial charge in [-0.25, -0.2) is 4.98 Å². The van der Waals surface area contributed by atoms with Crippen molar-refractivity contribution in [3.05, 3.63) is 77.6 Å². The lowest BCUT2D eigenvalue weighted by atomic mass is 10.1. The van der Waals surface area contributed by atoms with Crippen molar-refractivity contribution in [2.75, 3.05) is 18.5 Å². The number of nitrogens with zero attached hydrogens (tertiary/aromatic N) is 1. The van der Waals surface area contributed by atoms with E-state index >= 15 is 0 Å². The third kappa shape index (κ3) is 3.73. The molecular formula is C22H20ClN3O2. The fraction of sp³-hybridized carbons (Fsp3) is 0.136. The zero-order valence-corrected chi connectivity index (χ0v) is 15.9. The minimum Gasteiger partial charge on any atom is -0.460 e. The topological polar surface area (TPSA) is 70.3 Å². The minimum absolute atomic E-state index is 0.0976. The van der Waals surface area contributed by atoms with Crippen molar-refractivity contribution in [3.8, 4) is 11.1 Å². The summed E-state index contributed by atoms with van der Waals surface area (Å²) in [7, 11) is 0. The Morgan fingerprint density at radius 2 is 1.89 bits per heavy atom. The first-order valence-corrected chi connectivity index (χ1v) is 9.43. The van der Waals surface area contributed by atoms with Crippen LogP contribution in [0.1, 0.15) is 5.56 Å². The Hall–Kier alpha value is -2.86. The summed E-state index contributed by atoms with van der Waals surface area (Å²) in [6.45, 7) is 1.24. The molecule has 0 atom stereocenters. The van der Waals surface area contributed by atoms with Gasteiger partial charge in [0.05, 0.1) is 23.6 Å². The lowest BCUT2D eigenvalue weighted by Crippen LogP contribution is -2.17. The molecule has 0 unspecified atom stereocenters. The number of furan rings is 1. The van der Waals surface area contributed by atoms with Crippen molar-refractivity contribution in [2.45, 2.75) is 6.54 Å². The highest BCUT2D eigenvalue weighted by atomic mass is 35.5. The molecule has 4 aromatic rings. The van der Waals surface area contributed by atoms with Gasteiger partial charge in [-0.1, -0.05) is 54.1 Å². The largest absolute Gasteiger partial charge is 0.460 e. The van der Waals surface area contributed by atoms with Gasteiger partial charge in [0.2, 0.25) is 0 Å². The number of pyridine rings is 1. The molecule has 2 aromatic heterocycles. The van der Waals surface area contributed by atoms with Crippen LogP contribution in [-0.4, -0.2) is 23.2 Å². The van der Waals surface area contributed by atoms with Gasteiger partial charge in [0.25, 0.3) is 0 Å². The number of aliphatic hydroxyl groups is 1. The smallest absolute Gasteiger partial charge is 0.176 e. The Balaban J connectivity index is 1.66. The van der Waals surface area contributed by atoms with Crippen LogP contribution < -0.4 is 10.6 Å². The van der Waals surface area contributed by atoms with Crippen LogP contribution in [0.5, 0.6) is 0 Å². The molecule has 3 N–H and O–H groups in total. The van der Waals surface area contributed by atoms with E-state index in [9.17, 15) is 0 Å². The van der Waals surface area contributed by atoms with E-state index in [-0.39, 0.29) is 6.61 Å². The van der Waals surface area contributed by atoms with Crippen LogP contribution in [0, 0.1) is 0 Å². The Morgan fingerprint density at radius 3 is 2.71 bits per heavy atom. The minimum atomic E-state index is 0.0976. The van der Waals surface area contributed by atoms with Gasteiger partial charge in [-0.15, -0.1) is 0 Å². The first-order valence-electron chi connectivity index (χ1n) is 9.05. The van der Waals surface area contributed by atoms with Crippen LogP contribution in [0.25, 0.3) is 22.1 Å². The maximum Gasteiger partial charge on any atom is 0.176 e. The second-order valence-electron chi connectivity index (χ2n) is 6.36. The third-order valence-electron chi connectivity index (χ3n) is 4.51. The lowest BCUT2D eigenvalue weighted by Gasteiger charge is -2.12. The number of aliphatic hydroxyl groups excluding tert-OH is 1. The van der Waals surface area contributed by atoms with Crippen molar-refractivity contribution < 1.29 is 9.52 Å². The van der Waals surface area contributed by atoms with E-state index in [1.165, 1.54) is 0 Å². The summed E-state index contributed by atoms with van der Waals surface area (Å²) in [5.41, 5.74) is 4.45. The molecular weight excluding hydrogens is 374 g/mol. The van der Waals surface area contributed by atoms with Crippen LogP contribution in [0.2, 0.25) is 5.02 Å². The molecule has 2 heterocycles. The number of hydrogen-bond acceptors (Lipinski definition) is 5. The first kappa shape index (κ1) is 18.5. The summed E-state index contributed by atoms with van der Waals surface area (Å²) < 4.78 is 5.77. The third-order valence-corrected chi connectivity index (χ3v) is 4.92. The predicted octanol–water partition coefficient (Wildman–Crippen LogP) is 4.97. The zero-order chi connectivity index (χ0) is 19.3. The lowest BCUT2D eigenvalue weighted by molar-refractivity contribution is 0.292. The quantitative estimate of drug-likeness (QED) is 0.386. The average Bonchev–Trinajstić information content (AvgIpc) is 3.15. The molecule has 0 fully saturated rings. The molecule has 0 bridgehead atoms. The Kier molecular flexibility index (Phi) is 5.58. The highest BCUT2D eigenvalue weighted by molar-refractivity contribution is 6.36. The Labute approximate surface area is 168 Å². The van der Waals surface area contributed by atoms with Gasteiger partial charge in [-0.05, 0) is 17.7 Å². The predicted molar refractivity (Wildman–Crippen MR) is 113 cm³/mol. The summed E-state index contributed by atoms with van der Waals surface area (Å²) in [6.07, 6.45) is 3.45. The number of rotatable bonds is 7. The highest BCUT2D eigenvalue weighted by Gasteiger charge is 2.14. The molecule has 0 aliphatic carbocycles. The summed E-state index contributed by atoms with van der Waals surface area (Å²) in [6, 6.07) is 17.8. The molecule has 142 valence electrons. The van der Waals surface area contributed by atoms with Gasteiger partial charge in [-0.2, -0.15) is 0 Å². The first-order chi connectivity index (χ1) is 13.8. The van der Waals surface area contributed by atoms with E-state index in [0.29, 0.717) is 29.5 Å². The average molecular weight is 394 g/mol. The second-order valence-corrected chi connectivity index (χ2v) is 6.73. The monoisotopic (exact) mass is 393 g/mol. The van der Waals surface area contributed by atoms with Crippen LogP contribution in [-0.2, 0) is 6.54 Å². The number of aromatic nitrogens is 1. The van der Waals surface area contributed by atoms with Crippen LogP contribution >= 0.6 is 11.6 Å². The van der Waals surface area contributed by atoms with Gasteiger partial charge in [0.1, 0.15) is 0 Å². The van der Waals surface area contributed by atoms with E-state index in [1.807, 2.05) is 54.6 Å². The van der Waals surface area contributed by atoms with E-state index in [1.54, 1.807) is 12.5 Å². The molecule has 0 saturated carbocycles. The van der Waals surface area contributed by atoms with Crippen molar-refractivity contribution in [2.24, 2.45) is 0 Å². The van der Waals surface area contributed by atoms with Crippen LogP contribution in [0.15, 0.2) is 71.5 Å². The fourth-order valence-electron chi connectivity index (χ4n) is 3.14. The second kappa shape index (κ2) is 8.44. The summed E-state index contributed by atoms with van der Waals surface area (Å²) >= 11 is 6.68. The molecule has 4 rings (SSSR count). The van der Waals surface area contributed by atoms with Crippen LogP contribution in [0.4, 0.5) is 11.5 Å². The number of fused-ring (bicyclic) bond motifs is 1. The summed E-state index contributed by atoms with van der Waals surface area (Å²) in [5, 5.41) is 17.0. The molecule has 6 heteroatoms. The standard InChI is InChI=1S/C22H20ClN3O2/c23-20-17(15-5-2-1-3-6-15)7-4-8-19(20)26-22-21-18(9-10-25-22)16(14-28-21)13-24-11-12-27/h1-10,14,24,27H,11-13H2,(H,25,26). The molecule has 5 nitrogen and oxygen atoms in total. The summed E-state index contributed by atoms with van der Waals surface area (Å²) in [5.74, 6) is 0.609. The van der Waals surface area contributed by atoms with Crippen molar-refractivity contribution in [1.29, 1.82) is 0 Å². The van der Waals surface area contributed by atoms with Gasteiger partial charge >= 0.3 is 0 Å². The van der Waals surface area contributed by atoms with Gasteiger partial charge < -0.3 is 20.2 Å². The van der Waals surface area contributed by atoms with Gasteiger partial charge in [0, 0.05) is 35.8 Å². The maximum absolute atomic E-state index is 8.93. The molecule has 2 aromatic carbocycles. The zero-order valence-electron chi connectivity index (χ0n) is 15.2. The molecule has 0 amide bonds. The number of nitrogens with one attached hydrogen (secondary N) is 2. The van der Waals surface area contributed by atoms with Gasteiger partial charge in [-0.3, -0.25) is 0 Å². The molecule has 0 aliphatic heterocycles. The molecule has 0 radical (unpaired) electrons. The van der Waals surface area contributed by atoms with E-state index in [4.69, 9.17) is 21.1 Å². The van der Waals surface area contributed by atoms with E-state index < -0.39 is 0 Å². The van der Waals surface area contributed by atoms with Gasteiger partial charge in [0.15, 0.2) is 11.4 Å². The molecule has 0 aliphatic rings. The number of anilines is 2. The number of halogens is 1. The van der Waals surface area contributed by atoms with Crippen molar-refractivity contribution >= 4 is 34.1 Å². The fourth-order valence-corrected chi connectivity index (χ4v) is 3.42. The van der Waals surface area contributed by atoms with E-state index in [2.05, 4.69) is 15.6 Å². The molecule has 0 saturated heterocycles. The van der Waals surface area contributed by atoms with Crippen molar-refractivity contribution in [1.82, 2.24) is 10.3 Å².